The minimum absolute atomic E-state index is 0.424. The number of likely N-dealkylation sites (tertiary alicyclic amines) is 1. The van der Waals surface area contributed by atoms with E-state index in [1.54, 1.807) is 12.3 Å². The Balaban J connectivity index is 1.48. The Bertz CT molecular complexity index is 957. The van der Waals surface area contributed by atoms with Crippen LogP contribution in [0.1, 0.15) is 24.4 Å². The first-order valence-corrected chi connectivity index (χ1v) is 9.09. The van der Waals surface area contributed by atoms with Crippen molar-refractivity contribution in [2.45, 2.75) is 31.9 Å². The zero-order valence-corrected chi connectivity index (χ0v) is 15.2. The van der Waals surface area contributed by atoms with Crippen molar-refractivity contribution in [1.29, 1.82) is 0 Å². The van der Waals surface area contributed by atoms with Crippen LogP contribution < -0.4 is 4.74 Å². The highest BCUT2D eigenvalue weighted by atomic mass is 16.5. The molecule has 1 N–H and O–H groups in total. The number of nitrogens with zero attached hydrogens (tertiary/aromatic N) is 2. The zero-order chi connectivity index (χ0) is 18.9. The summed E-state index contributed by atoms with van der Waals surface area (Å²) >= 11 is 0. The fourth-order valence-corrected chi connectivity index (χ4v) is 3.57. The van der Waals surface area contributed by atoms with Gasteiger partial charge in [-0.1, -0.05) is 6.07 Å². The number of ether oxygens (including phenoxy) is 1. The first-order chi connectivity index (χ1) is 13.0. The lowest BCUT2D eigenvalue weighted by Gasteiger charge is -2.38. The van der Waals surface area contributed by atoms with E-state index < -0.39 is 11.6 Å². The summed E-state index contributed by atoms with van der Waals surface area (Å²) in [5, 5.41) is 10.8. The van der Waals surface area contributed by atoms with Gasteiger partial charge in [0.05, 0.1) is 12.1 Å². The van der Waals surface area contributed by atoms with Crippen molar-refractivity contribution in [1.82, 2.24) is 9.88 Å². The lowest BCUT2D eigenvalue weighted by Crippen LogP contribution is -2.53. The standard InChI is InChI=1S/C21H22N2O4/c1-15-4-5-18(26-15)14-23-11-8-21(9-12-23,20(24)25)27-17-6-7-19-16(13-17)3-2-10-22-19/h2-7,10,13H,8-9,11-12,14H2,1H3,(H,24,25). The average Bonchev–Trinajstić information content (AvgIpc) is 3.08. The molecule has 0 atom stereocenters. The largest absolute Gasteiger partial charge is 0.478 e. The number of pyridine rings is 1. The molecule has 6 heteroatoms. The van der Waals surface area contributed by atoms with Gasteiger partial charge in [-0.25, -0.2) is 4.79 Å². The van der Waals surface area contributed by atoms with Gasteiger partial charge in [0.2, 0.25) is 5.60 Å². The van der Waals surface area contributed by atoms with Gasteiger partial charge in [-0.15, -0.1) is 0 Å². The van der Waals surface area contributed by atoms with Crippen LogP contribution >= 0.6 is 0 Å². The van der Waals surface area contributed by atoms with E-state index in [9.17, 15) is 9.90 Å². The lowest BCUT2D eigenvalue weighted by molar-refractivity contribution is -0.159. The number of carboxylic acid groups (broad SMARTS) is 1. The van der Waals surface area contributed by atoms with E-state index in [1.165, 1.54) is 0 Å². The molecule has 27 heavy (non-hydrogen) atoms. The Morgan fingerprint density at radius 1 is 1.26 bits per heavy atom. The van der Waals surface area contributed by atoms with Gasteiger partial charge < -0.3 is 14.3 Å². The summed E-state index contributed by atoms with van der Waals surface area (Å²) in [6.45, 7) is 3.88. The number of aryl methyl sites for hydroxylation is 1. The SMILES string of the molecule is Cc1ccc(CN2CCC(Oc3ccc4ncccc4c3)(C(=O)O)CC2)o1. The zero-order valence-electron chi connectivity index (χ0n) is 15.2. The van der Waals surface area contributed by atoms with Crippen LogP contribution in [0.3, 0.4) is 0 Å². The number of furan rings is 1. The number of carbonyl (C=O) groups is 1. The monoisotopic (exact) mass is 366 g/mol. The van der Waals surface area contributed by atoms with E-state index in [2.05, 4.69) is 9.88 Å². The molecule has 0 unspecified atom stereocenters. The van der Waals surface area contributed by atoms with Crippen molar-refractivity contribution < 1.29 is 19.1 Å². The molecular weight excluding hydrogens is 344 g/mol. The van der Waals surface area contributed by atoms with Gasteiger partial charge in [0.1, 0.15) is 17.3 Å². The van der Waals surface area contributed by atoms with Gasteiger partial charge in [0.15, 0.2) is 0 Å². The number of hydrogen-bond donors (Lipinski definition) is 1. The first-order valence-electron chi connectivity index (χ1n) is 9.09. The second-order valence-electron chi connectivity index (χ2n) is 7.05. The summed E-state index contributed by atoms with van der Waals surface area (Å²) in [6, 6.07) is 13.2. The maximum absolute atomic E-state index is 12.0. The number of aliphatic carboxylic acids is 1. The Labute approximate surface area is 157 Å². The first kappa shape index (κ1) is 17.5. The Kier molecular flexibility index (Phi) is 4.58. The molecule has 2 aromatic heterocycles. The molecule has 0 spiro atoms. The second-order valence-corrected chi connectivity index (χ2v) is 7.05. The lowest BCUT2D eigenvalue weighted by atomic mass is 9.91. The number of piperidine rings is 1. The predicted molar refractivity (Wildman–Crippen MR) is 101 cm³/mol. The normalized spacial score (nSPS) is 17.1. The van der Waals surface area contributed by atoms with Crippen LogP contribution in [0.25, 0.3) is 10.9 Å². The molecule has 1 saturated heterocycles. The highest BCUT2D eigenvalue weighted by Gasteiger charge is 2.44. The molecule has 0 amide bonds. The van der Waals surface area contributed by atoms with Crippen LogP contribution in [-0.4, -0.2) is 39.7 Å². The van der Waals surface area contributed by atoms with Crippen LogP contribution in [-0.2, 0) is 11.3 Å². The molecule has 1 aromatic carbocycles. The Morgan fingerprint density at radius 2 is 2.07 bits per heavy atom. The third-order valence-corrected chi connectivity index (χ3v) is 5.12. The summed E-state index contributed by atoms with van der Waals surface area (Å²) in [5.74, 6) is 1.43. The quantitative estimate of drug-likeness (QED) is 0.743. The van der Waals surface area contributed by atoms with Crippen molar-refractivity contribution in [2.24, 2.45) is 0 Å². The third-order valence-electron chi connectivity index (χ3n) is 5.12. The molecule has 140 valence electrons. The minimum Gasteiger partial charge on any atom is -0.478 e. The molecule has 3 heterocycles. The third kappa shape index (κ3) is 3.66. The molecule has 1 fully saturated rings. The number of fused-ring (bicyclic) bond motifs is 1. The maximum atomic E-state index is 12.0. The van der Waals surface area contributed by atoms with E-state index in [4.69, 9.17) is 9.15 Å². The number of aromatic nitrogens is 1. The van der Waals surface area contributed by atoms with Gasteiger partial charge in [-0.05, 0) is 43.3 Å². The summed E-state index contributed by atoms with van der Waals surface area (Å²) in [4.78, 5) is 18.5. The molecule has 1 aliphatic rings. The van der Waals surface area contributed by atoms with Crippen molar-refractivity contribution in [3.05, 3.63) is 60.2 Å². The van der Waals surface area contributed by atoms with Gasteiger partial charge in [-0.2, -0.15) is 0 Å². The smallest absolute Gasteiger partial charge is 0.348 e. The van der Waals surface area contributed by atoms with Gasteiger partial charge in [-0.3, -0.25) is 9.88 Å². The van der Waals surface area contributed by atoms with E-state index in [1.807, 2.05) is 43.3 Å². The van der Waals surface area contributed by atoms with Crippen LogP contribution in [0.5, 0.6) is 5.75 Å². The molecule has 1 aliphatic heterocycles. The fraction of sp³-hybridized carbons (Fsp3) is 0.333. The van der Waals surface area contributed by atoms with Crippen molar-refractivity contribution in [2.75, 3.05) is 13.1 Å². The average molecular weight is 366 g/mol. The number of carboxylic acids is 1. The summed E-state index contributed by atoms with van der Waals surface area (Å²) < 4.78 is 11.7. The highest BCUT2D eigenvalue weighted by molar-refractivity contribution is 5.81. The van der Waals surface area contributed by atoms with Crippen molar-refractivity contribution >= 4 is 16.9 Å². The molecule has 4 rings (SSSR count). The van der Waals surface area contributed by atoms with Gasteiger partial charge >= 0.3 is 5.97 Å². The van der Waals surface area contributed by atoms with Gasteiger partial charge in [0, 0.05) is 37.5 Å². The van der Waals surface area contributed by atoms with Crippen LogP contribution in [0.4, 0.5) is 0 Å². The summed E-state index contributed by atoms with van der Waals surface area (Å²) in [7, 11) is 0. The Morgan fingerprint density at radius 3 is 2.78 bits per heavy atom. The second kappa shape index (κ2) is 7.04. The number of hydrogen-bond acceptors (Lipinski definition) is 5. The Hall–Kier alpha value is -2.86. The van der Waals surface area contributed by atoms with E-state index in [0.29, 0.717) is 38.2 Å². The molecule has 6 nitrogen and oxygen atoms in total. The van der Waals surface area contributed by atoms with E-state index in [-0.39, 0.29) is 0 Å². The fourth-order valence-electron chi connectivity index (χ4n) is 3.57. The topological polar surface area (TPSA) is 75.8 Å². The molecule has 0 aliphatic carbocycles. The maximum Gasteiger partial charge on any atom is 0.348 e. The molecular formula is C21H22N2O4. The molecule has 0 bridgehead atoms. The predicted octanol–water partition coefficient (Wildman–Crippen LogP) is 3.63. The van der Waals surface area contributed by atoms with Gasteiger partial charge in [0.25, 0.3) is 0 Å². The van der Waals surface area contributed by atoms with Crippen LogP contribution in [0.2, 0.25) is 0 Å². The summed E-state index contributed by atoms with van der Waals surface area (Å²) in [6.07, 6.45) is 2.58. The van der Waals surface area contributed by atoms with Crippen LogP contribution in [0, 0.1) is 6.92 Å². The molecule has 0 radical (unpaired) electrons. The van der Waals surface area contributed by atoms with Crippen molar-refractivity contribution in [3.8, 4) is 5.75 Å². The molecule has 0 saturated carbocycles. The van der Waals surface area contributed by atoms with Crippen LogP contribution in [0.15, 0.2) is 53.1 Å². The minimum atomic E-state index is -1.20. The number of benzene rings is 1. The van der Waals surface area contributed by atoms with E-state index in [0.717, 1.165) is 22.4 Å². The number of rotatable bonds is 5. The highest BCUT2D eigenvalue weighted by Crippen LogP contribution is 2.31. The van der Waals surface area contributed by atoms with E-state index >= 15 is 0 Å². The molecule has 3 aromatic rings. The summed E-state index contributed by atoms with van der Waals surface area (Å²) in [5.41, 5.74) is -0.344. The van der Waals surface area contributed by atoms with Crippen molar-refractivity contribution in [3.63, 3.8) is 0 Å².